The zero-order chi connectivity index (χ0) is 22.0. The molecule has 1 aliphatic rings. The first-order chi connectivity index (χ1) is 15.0. The number of carbonyl (C=O) groups excluding carboxylic acids is 1. The third-order valence-corrected chi connectivity index (χ3v) is 5.38. The van der Waals surface area contributed by atoms with Crippen LogP contribution in [0.1, 0.15) is 22.7 Å². The number of aryl methyl sites for hydroxylation is 2. The van der Waals surface area contributed by atoms with Crippen molar-refractivity contribution in [3.8, 4) is 11.5 Å². The molecule has 5 nitrogen and oxygen atoms in total. The molecule has 31 heavy (non-hydrogen) atoms. The van der Waals surface area contributed by atoms with E-state index in [9.17, 15) is 4.79 Å². The predicted octanol–water partition coefficient (Wildman–Crippen LogP) is 5.40. The molecule has 1 heterocycles. The Hall–Kier alpha value is -3.73. The predicted molar refractivity (Wildman–Crippen MR) is 124 cm³/mol. The Bertz CT molecular complexity index is 1150. The zero-order valence-electron chi connectivity index (χ0n) is 18.2. The maximum absolute atomic E-state index is 13.5. The molecule has 0 saturated carbocycles. The van der Waals surface area contributed by atoms with Gasteiger partial charge in [-0.1, -0.05) is 30.3 Å². The van der Waals surface area contributed by atoms with Crippen LogP contribution >= 0.6 is 0 Å². The number of nitrogens with zero attached hydrogens (tertiary/aromatic N) is 1. The van der Waals surface area contributed by atoms with Crippen LogP contribution in [0.4, 0.5) is 11.4 Å². The second-order valence-corrected chi connectivity index (χ2v) is 7.65. The Morgan fingerprint density at radius 3 is 2.23 bits per heavy atom. The van der Waals surface area contributed by atoms with Gasteiger partial charge in [0, 0.05) is 11.4 Å². The van der Waals surface area contributed by atoms with Crippen molar-refractivity contribution in [1.29, 1.82) is 0 Å². The van der Waals surface area contributed by atoms with Crippen molar-refractivity contribution in [3.63, 3.8) is 0 Å². The number of ether oxygens (including phenoxy) is 2. The van der Waals surface area contributed by atoms with Gasteiger partial charge in [-0.2, -0.15) is 0 Å². The number of carbonyl (C=O) groups is 1. The molecule has 0 saturated heterocycles. The summed E-state index contributed by atoms with van der Waals surface area (Å²) in [4.78, 5) is 15.3. The molecule has 0 spiro atoms. The van der Waals surface area contributed by atoms with Gasteiger partial charge in [-0.05, 0) is 73.0 Å². The van der Waals surface area contributed by atoms with Crippen molar-refractivity contribution in [2.75, 3.05) is 24.4 Å². The molecule has 0 aliphatic carbocycles. The van der Waals surface area contributed by atoms with Crippen molar-refractivity contribution >= 4 is 17.3 Å². The molecule has 1 atom stereocenters. The van der Waals surface area contributed by atoms with E-state index in [-0.39, 0.29) is 11.9 Å². The number of nitrogens with one attached hydrogen (secondary N) is 1. The van der Waals surface area contributed by atoms with Gasteiger partial charge in [-0.3, -0.25) is 9.69 Å². The lowest BCUT2D eigenvalue weighted by molar-refractivity contribution is -0.114. The van der Waals surface area contributed by atoms with Crippen LogP contribution < -0.4 is 19.7 Å². The summed E-state index contributed by atoms with van der Waals surface area (Å²) in [5.74, 6) is 1.21. The summed E-state index contributed by atoms with van der Waals surface area (Å²) in [7, 11) is 3.22. The molecule has 0 aromatic heterocycles. The van der Waals surface area contributed by atoms with Crippen LogP contribution in [-0.2, 0) is 4.79 Å². The Labute approximate surface area is 182 Å². The minimum absolute atomic E-state index is 0.0770. The fourth-order valence-corrected chi connectivity index (χ4v) is 3.87. The number of rotatable bonds is 6. The molecular formula is C26H26N2O3. The number of hydrogen-bond donors (Lipinski definition) is 1. The van der Waals surface area contributed by atoms with Gasteiger partial charge < -0.3 is 14.8 Å². The van der Waals surface area contributed by atoms with Gasteiger partial charge >= 0.3 is 0 Å². The van der Waals surface area contributed by atoms with Crippen molar-refractivity contribution < 1.29 is 14.3 Å². The molecule has 0 fully saturated rings. The van der Waals surface area contributed by atoms with Crippen LogP contribution in [0.2, 0.25) is 0 Å². The molecule has 0 bridgehead atoms. The molecule has 4 rings (SSSR count). The summed E-state index contributed by atoms with van der Waals surface area (Å²) < 4.78 is 10.9. The Balaban J connectivity index is 1.77. The van der Waals surface area contributed by atoms with Crippen molar-refractivity contribution in [3.05, 3.63) is 95.2 Å². The highest BCUT2D eigenvalue weighted by Gasteiger charge is 2.35. The van der Waals surface area contributed by atoms with Gasteiger partial charge in [0.15, 0.2) is 11.5 Å². The monoisotopic (exact) mass is 414 g/mol. The summed E-state index contributed by atoms with van der Waals surface area (Å²) in [6.45, 7) is 4.05. The highest BCUT2D eigenvalue weighted by atomic mass is 16.5. The molecule has 3 aromatic rings. The molecule has 1 amide bonds. The van der Waals surface area contributed by atoms with Crippen molar-refractivity contribution in [2.45, 2.75) is 19.9 Å². The minimum Gasteiger partial charge on any atom is -0.493 e. The van der Waals surface area contributed by atoms with E-state index in [0.717, 1.165) is 28.1 Å². The zero-order valence-corrected chi connectivity index (χ0v) is 18.2. The fourth-order valence-electron chi connectivity index (χ4n) is 3.87. The second-order valence-electron chi connectivity index (χ2n) is 7.65. The fraction of sp³-hybridized carbons (Fsp3) is 0.192. The summed E-state index contributed by atoms with van der Waals surface area (Å²) in [5.41, 5.74) is 5.44. The van der Waals surface area contributed by atoms with E-state index in [1.54, 1.807) is 14.2 Å². The normalized spacial score (nSPS) is 15.6. The smallest absolute Gasteiger partial charge is 0.275 e. The highest BCUT2D eigenvalue weighted by molar-refractivity contribution is 6.11. The standard InChI is InChI=1S/C26H26N2O3/c1-17-7-5-9-20(13-17)27-22-16-23(19-11-12-24(30-3)25(15-19)31-4)28(26(22)29)21-10-6-8-18(2)14-21/h5-16,23,27H,1-4H3/t23-/m1/s1. The molecule has 0 unspecified atom stereocenters. The largest absolute Gasteiger partial charge is 0.493 e. The SMILES string of the molecule is COc1ccc([C@H]2C=C(Nc3cccc(C)c3)C(=O)N2c2cccc(C)c2)cc1OC. The van der Waals surface area contributed by atoms with Crippen LogP contribution in [0, 0.1) is 13.8 Å². The third kappa shape index (κ3) is 4.12. The van der Waals surface area contributed by atoms with E-state index in [1.807, 2.05) is 91.6 Å². The van der Waals surface area contributed by atoms with Crippen molar-refractivity contribution in [1.82, 2.24) is 0 Å². The summed E-state index contributed by atoms with van der Waals surface area (Å²) >= 11 is 0. The lowest BCUT2D eigenvalue weighted by atomic mass is 10.0. The lowest BCUT2D eigenvalue weighted by Crippen LogP contribution is -2.30. The molecule has 1 N–H and O–H groups in total. The van der Waals surface area contributed by atoms with E-state index in [4.69, 9.17) is 9.47 Å². The van der Waals surface area contributed by atoms with Crippen LogP contribution in [0.25, 0.3) is 0 Å². The lowest BCUT2D eigenvalue weighted by Gasteiger charge is -2.26. The number of anilines is 2. The van der Waals surface area contributed by atoms with E-state index in [0.29, 0.717) is 17.2 Å². The Kier molecular flexibility index (Phi) is 5.67. The summed E-state index contributed by atoms with van der Waals surface area (Å²) in [6, 6.07) is 21.4. The molecule has 1 aliphatic heterocycles. The maximum atomic E-state index is 13.5. The van der Waals surface area contributed by atoms with E-state index < -0.39 is 0 Å². The maximum Gasteiger partial charge on any atom is 0.275 e. The van der Waals surface area contributed by atoms with Gasteiger partial charge in [-0.25, -0.2) is 0 Å². The van der Waals surface area contributed by atoms with Crippen molar-refractivity contribution in [2.24, 2.45) is 0 Å². The number of methoxy groups -OCH3 is 2. The Morgan fingerprint density at radius 2 is 1.55 bits per heavy atom. The molecular weight excluding hydrogens is 388 g/mol. The van der Waals surface area contributed by atoms with E-state index >= 15 is 0 Å². The summed E-state index contributed by atoms with van der Waals surface area (Å²) in [5, 5.41) is 3.31. The molecule has 5 heteroatoms. The van der Waals surface area contributed by atoms with Crippen LogP contribution in [0.5, 0.6) is 11.5 Å². The first-order valence-corrected chi connectivity index (χ1v) is 10.2. The highest BCUT2D eigenvalue weighted by Crippen LogP contribution is 2.39. The molecule has 3 aromatic carbocycles. The number of hydrogen-bond acceptors (Lipinski definition) is 4. The number of benzene rings is 3. The van der Waals surface area contributed by atoms with Crippen LogP contribution in [-0.4, -0.2) is 20.1 Å². The average molecular weight is 415 g/mol. The molecule has 158 valence electrons. The molecule has 0 radical (unpaired) electrons. The topological polar surface area (TPSA) is 50.8 Å². The van der Waals surface area contributed by atoms with Gasteiger partial charge in [0.1, 0.15) is 5.70 Å². The number of amides is 1. The quantitative estimate of drug-likeness (QED) is 0.586. The van der Waals surface area contributed by atoms with Gasteiger partial charge in [0.2, 0.25) is 0 Å². The first kappa shape index (κ1) is 20.5. The average Bonchev–Trinajstić information content (AvgIpc) is 3.09. The van der Waals surface area contributed by atoms with Crippen LogP contribution in [0.15, 0.2) is 78.5 Å². The summed E-state index contributed by atoms with van der Waals surface area (Å²) in [6.07, 6.45) is 1.97. The van der Waals surface area contributed by atoms with E-state index in [1.165, 1.54) is 0 Å². The Morgan fingerprint density at radius 1 is 0.839 bits per heavy atom. The third-order valence-electron chi connectivity index (χ3n) is 5.38. The van der Waals surface area contributed by atoms with E-state index in [2.05, 4.69) is 5.32 Å². The van der Waals surface area contributed by atoms with Gasteiger partial charge in [0.05, 0.1) is 20.3 Å². The minimum atomic E-state index is -0.276. The van der Waals surface area contributed by atoms with Crippen LogP contribution in [0.3, 0.4) is 0 Å². The second kappa shape index (κ2) is 8.56. The van der Waals surface area contributed by atoms with Gasteiger partial charge in [-0.15, -0.1) is 0 Å². The van der Waals surface area contributed by atoms with Gasteiger partial charge in [0.25, 0.3) is 5.91 Å². The first-order valence-electron chi connectivity index (χ1n) is 10.2.